The first-order valence-corrected chi connectivity index (χ1v) is 11.6. The average Bonchev–Trinajstić information content (AvgIpc) is 3.50. The van der Waals surface area contributed by atoms with E-state index in [0.29, 0.717) is 36.0 Å². The van der Waals surface area contributed by atoms with Gasteiger partial charge in [-0.1, -0.05) is 0 Å². The summed E-state index contributed by atoms with van der Waals surface area (Å²) in [5.41, 5.74) is 3.80. The van der Waals surface area contributed by atoms with Gasteiger partial charge in [-0.25, -0.2) is 19.9 Å². The molecule has 0 radical (unpaired) electrons. The van der Waals surface area contributed by atoms with Gasteiger partial charge in [0, 0.05) is 30.0 Å². The lowest BCUT2D eigenvalue weighted by atomic mass is 9.91. The van der Waals surface area contributed by atoms with Crippen LogP contribution in [-0.4, -0.2) is 53.5 Å². The lowest BCUT2D eigenvalue weighted by Gasteiger charge is -2.30. The van der Waals surface area contributed by atoms with Crippen LogP contribution in [0, 0.1) is 22.7 Å². The molecule has 0 bridgehead atoms. The van der Waals surface area contributed by atoms with E-state index < -0.39 is 0 Å². The van der Waals surface area contributed by atoms with Crippen LogP contribution in [0.3, 0.4) is 0 Å². The number of hydrogen-bond acceptors (Lipinski definition) is 9. The maximum absolute atomic E-state index is 9.60. The predicted molar refractivity (Wildman–Crippen MR) is 125 cm³/mol. The largest absolute Gasteiger partial charge is 0.377 e. The van der Waals surface area contributed by atoms with Gasteiger partial charge in [0.1, 0.15) is 17.7 Å². The van der Waals surface area contributed by atoms with Gasteiger partial charge in [0.25, 0.3) is 0 Å². The maximum atomic E-state index is 9.60. The minimum Gasteiger partial charge on any atom is -0.377 e. The van der Waals surface area contributed by atoms with E-state index in [-0.39, 0.29) is 18.1 Å². The number of anilines is 1. The molecule has 174 valence electrons. The van der Waals surface area contributed by atoms with E-state index in [4.69, 9.17) is 10.00 Å². The molecule has 1 N–H and O–H groups in total. The highest BCUT2D eigenvalue weighted by Crippen LogP contribution is 2.32. The number of fused-ring (bicyclic) bond motifs is 1. The van der Waals surface area contributed by atoms with Crippen LogP contribution in [0.2, 0.25) is 0 Å². The van der Waals surface area contributed by atoms with Crippen LogP contribution < -0.4 is 5.32 Å². The Morgan fingerprint density at radius 3 is 2.74 bits per heavy atom. The molecule has 1 aliphatic heterocycles. The third-order valence-electron chi connectivity index (χ3n) is 6.69. The third-order valence-corrected chi connectivity index (χ3v) is 6.69. The van der Waals surface area contributed by atoms with Crippen LogP contribution in [-0.2, 0) is 4.74 Å². The summed E-state index contributed by atoms with van der Waals surface area (Å²) in [5, 5.41) is 26.6. The SMILES string of the molecule is N#Cc1cnc2c(c1)ncn2[C@H]1CCC[C@@H](Nc2ncc(C#N)c(-c3cnn(C4COC4)c3)n2)C1. The van der Waals surface area contributed by atoms with Crippen LogP contribution in [0.4, 0.5) is 5.95 Å². The summed E-state index contributed by atoms with van der Waals surface area (Å²) in [4.78, 5) is 18.0. The number of nitrogens with zero attached hydrogens (tertiary/aromatic N) is 9. The van der Waals surface area contributed by atoms with E-state index in [1.807, 2.05) is 17.2 Å². The van der Waals surface area contributed by atoms with E-state index in [9.17, 15) is 5.26 Å². The Morgan fingerprint density at radius 2 is 1.94 bits per heavy atom. The first-order valence-electron chi connectivity index (χ1n) is 11.6. The molecule has 4 aromatic rings. The van der Waals surface area contributed by atoms with Gasteiger partial charge in [-0.15, -0.1) is 0 Å². The van der Waals surface area contributed by atoms with E-state index in [1.165, 1.54) is 0 Å². The van der Waals surface area contributed by atoms with Crippen molar-refractivity contribution in [2.24, 2.45) is 0 Å². The molecular formula is C24H22N10O. The summed E-state index contributed by atoms with van der Waals surface area (Å²) in [5.74, 6) is 0.497. The zero-order valence-electron chi connectivity index (χ0n) is 18.9. The van der Waals surface area contributed by atoms with Crippen molar-refractivity contribution in [3.05, 3.63) is 48.3 Å². The molecule has 0 amide bonds. The van der Waals surface area contributed by atoms with E-state index in [1.54, 1.807) is 24.7 Å². The second-order valence-corrected chi connectivity index (χ2v) is 8.96. The number of hydrogen-bond donors (Lipinski definition) is 1. The van der Waals surface area contributed by atoms with Gasteiger partial charge < -0.3 is 14.6 Å². The van der Waals surface area contributed by atoms with Crippen molar-refractivity contribution in [1.82, 2.24) is 34.3 Å². The molecule has 0 aromatic carbocycles. The molecule has 2 fully saturated rings. The number of nitrogens with one attached hydrogen (secondary N) is 1. The minimum absolute atomic E-state index is 0.167. The fourth-order valence-corrected chi connectivity index (χ4v) is 4.77. The summed E-state index contributed by atoms with van der Waals surface area (Å²) in [6.07, 6.45) is 12.5. The lowest BCUT2D eigenvalue weighted by molar-refractivity contribution is -0.0286. The van der Waals surface area contributed by atoms with Crippen LogP contribution in [0.1, 0.15) is 48.9 Å². The summed E-state index contributed by atoms with van der Waals surface area (Å²) >= 11 is 0. The van der Waals surface area contributed by atoms with Crippen molar-refractivity contribution in [2.75, 3.05) is 18.5 Å². The second-order valence-electron chi connectivity index (χ2n) is 8.96. The minimum atomic E-state index is 0.167. The van der Waals surface area contributed by atoms with Crippen LogP contribution >= 0.6 is 0 Å². The molecule has 0 spiro atoms. The van der Waals surface area contributed by atoms with Crippen molar-refractivity contribution in [3.8, 4) is 23.4 Å². The maximum Gasteiger partial charge on any atom is 0.223 e. The molecule has 2 aliphatic rings. The van der Waals surface area contributed by atoms with Crippen LogP contribution in [0.15, 0.2) is 37.2 Å². The number of aromatic nitrogens is 7. The number of ether oxygens (including phenoxy) is 1. The molecule has 0 unspecified atom stereocenters. The van der Waals surface area contributed by atoms with Crippen molar-refractivity contribution < 1.29 is 4.74 Å². The van der Waals surface area contributed by atoms with E-state index >= 15 is 0 Å². The molecule has 4 aromatic heterocycles. The Hall–Kier alpha value is -4.35. The molecule has 6 rings (SSSR count). The normalized spacial score (nSPS) is 20.2. The van der Waals surface area contributed by atoms with Gasteiger partial charge in [0.15, 0.2) is 5.65 Å². The van der Waals surface area contributed by atoms with Crippen molar-refractivity contribution in [2.45, 2.75) is 43.8 Å². The Labute approximate surface area is 201 Å². The Balaban J connectivity index is 1.21. The quantitative estimate of drug-likeness (QED) is 0.469. The monoisotopic (exact) mass is 466 g/mol. The summed E-state index contributed by atoms with van der Waals surface area (Å²) in [6, 6.07) is 6.70. The molecule has 1 aliphatic carbocycles. The van der Waals surface area contributed by atoms with Gasteiger partial charge in [-0.05, 0) is 31.7 Å². The molecular weight excluding hydrogens is 444 g/mol. The zero-order chi connectivity index (χ0) is 23.8. The smallest absolute Gasteiger partial charge is 0.223 e. The first kappa shape index (κ1) is 21.2. The average molecular weight is 467 g/mol. The highest BCUT2D eigenvalue weighted by atomic mass is 16.5. The van der Waals surface area contributed by atoms with Crippen LogP contribution in [0.5, 0.6) is 0 Å². The van der Waals surface area contributed by atoms with Gasteiger partial charge in [-0.2, -0.15) is 15.6 Å². The third kappa shape index (κ3) is 3.96. The van der Waals surface area contributed by atoms with Gasteiger partial charge >= 0.3 is 0 Å². The Kier molecular flexibility index (Phi) is 5.32. The van der Waals surface area contributed by atoms with Gasteiger partial charge in [-0.3, -0.25) is 4.68 Å². The van der Waals surface area contributed by atoms with E-state index in [0.717, 1.165) is 42.4 Å². The summed E-state index contributed by atoms with van der Waals surface area (Å²) in [7, 11) is 0. The number of nitriles is 2. The van der Waals surface area contributed by atoms with Crippen molar-refractivity contribution in [3.63, 3.8) is 0 Å². The molecule has 35 heavy (non-hydrogen) atoms. The highest BCUT2D eigenvalue weighted by Gasteiger charge is 2.26. The number of rotatable bonds is 5. The van der Waals surface area contributed by atoms with Gasteiger partial charge in [0.05, 0.1) is 54.8 Å². The highest BCUT2D eigenvalue weighted by molar-refractivity contribution is 5.72. The molecule has 2 atom stereocenters. The van der Waals surface area contributed by atoms with Crippen molar-refractivity contribution in [1.29, 1.82) is 10.5 Å². The summed E-state index contributed by atoms with van der Waals surface area (Å²) in [6.45, 7) is 1.29. The molecule has 1 saturated heterocycles. The number of imidazole rings is 1. The Bertz CT molecular complexity index is 1470. The lowest BCUT2D eigenvalue weighted by Crippen LogP contribution is -2.30. The van der Waals surface area contributed by atoms with E-state index in [2.05, 4.69) is 47.1 Å². The molecule has 5 heterocycles. The topological polar surface area (TPSA) is 143 Å². The van der Waals surface area contributed by atoms with Gasteiger partial charge in [0.2, 0.25) is 5.95 Å². The fraction of sp³-hybridized carbons (Fsp3) is 0.375. The Morgan fingerprint density at radius 1 is 1.03 bits per heavy atom. The van der Waals surface area contributed by atoms with Crippen molar-refractivity contribution >= 4 is 17.1 Å². The fourth-order valence-electron chi connectivity index (χ4n) is 4.77. The second kappa shape index (κ2) is 8.78. The molecule has 11 nitrogen and oxygen atoms in total. The molecule has 1 saturated carbocycles. The zero-order valence-corrected chi connectivity index (χ0v) is 18.9. The van der Waals surface area contributed by atoms with Crippen LogP contribution in [0.25, 0.3) is 22.4 Å². The summed E-state index contributed by atoms with van der Waals surface area (Å²) < 4.78 is 9.22. The predicted octanol–water partition coefficient (Wildman–Crippen LogP) is 3.00. The number of pyridine rings is 1. The molecule has 11 heteroatoms. The first-order chi connectivity index (χ1) is 17.2. The standard InChI is InChI=1S/C24H22N10O/c25-6-15-4-21-23(27-8-15)33(14-29-21)19-3-1-2-18(5-19)31-24-28-9-16(7-26)22(32-24)17-10-30-34(11-17)20-12-35-13-20/h4,8-11,14,18-20H,1-3,5,12-13H2,(H,28,31,32)/t18-,19+/m1/s1.